The van der Waals surface area contributed by atoms with Crippen molar-refractivity contribution in [1.29, 1.82) is 0 Å². The highest BCUT2D eigenvalue weighted by atomic mass is 32.2. The fourth-order valence-electron chi connectivity index (χ4n) is 3.40. The molecule has 9 heteroatoms. The monoisotopic (exact) mass is 492 g/mol. The Morgan fingerprint density at radius 3 is 2.40 bits per heavy atom. The Labute approximate surface area is 207 Å². The number of methoxy groups -OCH3 is 1. The van der Waals surface area contributed by atoms with Crippen LogP contribution >= 0.6 is 11.8 Å². The van der Waals surface area contributed by atoms with Crippen molar-refractivity contribution < 1.29 is 18.7 Å². The number of thioether (sulfide) groups is 1. The van der Waals surface area contributed by atoms with E-state index < -0.39 is 0 Å². The van der Waals surface area contributed by atoms with Crippen LogP contribution in [-0.2, 0) is 11.3 Å². The second kappa shape index (κ2) is 11.5. The van der Waals surface area contributed by atoms with Gasteiger partial charge >= 0.3 is 0 Å². The number of hydrogen-bond acceptors (Lipinski definition) is 6. The van der Waals surface area contributed by atoms with Crippen molar-refractivity contribution in [2.45, 2.75) is 18.6 Å². The summed E-state index contributed by atoms with van der Waals surface area (Å²) in [5.74, 6) is 1.65. The van der Waals surface area contributed by atoms with Crippen LogP contribution in [0.2, 0.25) is 0 Å². The molecule has 180 valence electrons. The zero-order chi connectivity index (χ0) is 24.6. The van der Waals surface area contributed by atoms with Crippen molar-refractivity contribution in [3.63, 3.8) is 0 Å². The third-order valence-electron chi connectivity index (χ3n) is 5.15. The molecular formula is C26H25FN4O3S. The minimum absolute atomic E-state index is 0.103. The van der Waals surface area contributed by atoms with Gasteiger partial charge in [0.2, 0.25) is 5.91 Å². The summed E-state index contributed by atoms with van der Waals surface area (Å²) in [6.45, 7) is 2.63. The lowest BCUT2D eigenvalue weighted by Crippen LogP contribution is -2.25. The maximum absolute atomic E-state index is 13.8. The predicted molar refractivity (Wildman–Crippen MR) is 133 cm³/mol. The van der Waals surface area contributed by atoms with Gasteiger partial charge in [-0.3, -0.25) is 9.36 Å². The molecule has 0 saturated carbocycles. The zero-order valence-electron chi connectivity index (χ0n) is 19.4. The largest absolute Gasteiger partial charge is 0.497 e. The second-order valence-corrected chi connectivity index (χ2v) is 8.40. The van der Waals surface area contributed by atoms with Crippen molar-refractivity contribution in [2.24, 2.45) is 0 Å². The highest BCUT2D eigenvalue weighted by molar-refractivity contribution is 7.99. The number of aromatic nitrogens is 3. The Bertz CT molecular complexity index is 1280. The van der Waals surface area contributed by atoms with Crippen molar-refractivity contribution in [2.75, 3.05) is 19.5 Å². The fourth-order valence-corrected chi connectivity index (χ4v) is 4.18. The van der Waals surface area contributed by atoms with Crippen LogP contribution in [0.5, 0.6) is 11.5 Å². The molecule has 0 atom stereocenters. The Kier molecular flexibility index (Phi) is 7.99. The van der Waals surface area contributed by atoms with Crippen LogP contribution in [0.15, 0.2) is 78.0 Å². The van der Waals surface area contributed by atoms with Gasteiger partial charge in [0.25, 0.3) is 0 Å². The molecule has 1 heterocycles. The van der Waals surface area contributed by atoms with Gasteiger partial charge in [0, 0.05) is 23.4 Å². The summed E-state index contributed by atoms with van der Waals surface area (Å²) in [7, 11) is 1.61. The number of halogens is 1. The molecular weight excluding hydrogens is 467 g/mol. The van der Waals surface area contributed by atoms with Gasteiger partial charge in [-0.15, -0.1) is 10.2 Å². The molecule has 0 saturated heterocycles. The summed E-state index contributed by atoms with van der Waals surface area (Å²) >= 11 is 1.25. The first-order chi connectivity index (χ1) is 17.1. The molecule has 35 heavy (non-hydrogen) atoms. The van der Waals surface area contributed by atoms with Gasteiger partial charge in [-0.2, -0.15) is 0 Å². The van der Waals surface area contributed by atoms with E-state index in [2.05, 4.69) is 15.5 Å². The summed E-state index contributed by atoms with van der Waals surface area (Å²) in [4.78, 5) is 12.5. The van der Waals surface area contributed by atoms with Crippen LogP contribution in [0, 0.1) is 5.82 Å². The standard InChI is InChI=1S/C26H25FN4O3S/c1-3-34-22-14-10-20(11-15-22)31-25(18-8-12-21(33-2)13-9-18)29-30-26(31)35-17-24(32)28-16-19-6-4-5-7-23(19)27/h4-15H,3,16-17H2,1-2H3,(H,28,32). The average molecular weight is 493 g/mol. The highest BCUT2D eigenvalue weighted by Gasteiger charge is 2.18. The lowest BCUT2D eigenvalue weighted by Gasteiger charge is -2.12. The Morgan fingerprint density at radius 2 is 1.71 bits per heavy atom. The third kappa shape index (κ3) is 5.99. The highest BCUT2D eigenvalue weighted by Crippen LogP contribution is 2.30. The van der Waals surface area contributed by atoms with Crippen LogP contribution in [0.1, 0.15) is 12.5 Å². The lowest BCUT2D eigenvalue weighted by atomic mass is 10.2. The lowest BCUT2D eigenvalue weighted by molar-refractivity contribution is -0.118. The number of rotatable bonds is 10. The molecule has 0 unspecified atom stereocenters. The van der Waals surface area contributed by atoms with Crippen molar-refractivity contribution in [1.82, 2.24) is 20.1 Å². The van der Waals surface area contributed by atoms with E-state index in [0.717, 1.165) is 22.7 Å². The van der Waals surface area contributed by atoms with Crippen LogP contribution in [0.3, 0.4) is 0 Å². The molecule has 7 nitrogen and oxygen atoms in total. The second-order valence-electron chi connectivity index (χ2n) is 7.45. The van der Waals surface area contributed by atoms with E-state index in [1.54, 1.807) is 25.3 Å². The maximum atomic E-state index is 13.8. The van der Waals surface area contributed by atoms with Gasteiger partial charge in [0.1, 0.15) is 17.3 Å². The molecule has 0 aliphatic heterocycles. The van der Waals surface area contributed by atoms with Gasteiger partial charge in [0.05, 0.1) is 19.5 Å². The first-order valence-electron chi connectivity index (χ1n) is 11.0. The summed E-state index contributed by atoms with van der Waals surface area (Å²) < 4.78 is 26.5. The summed E-state index contributed by atoms with van der Waals surface area (Å²) in [5, 5.41) is 12.1. The van der Waals surface area contributed by atoms with Gasteiger partial charge in [-0.05, 0) is 61.5 Å². The van der Waals surface area contributed by atoms with E-state index in [-0.39, 0.29) is 24.0 Å². The number of nitrogens with one attached hydrogen (secondary N) is 1. The number of ether oxygens (including phenoxy) is 2. The van der Waals surface area contributed by atoms with Gasteiger partial charge in [-0.1, -0.05) is 30.0 Å². The number of amides is 1. The summed E-state index contributed by atoms with van der Waals surface area (Å²) in [5.41, 5.74) is 2.12. The topological polar surface area (TPSA) is 78.3 Å². The normalized spacial score (nSPS) is 10.7. The van der Waals surface area contributed by atoms with Crippen LogP contribution < -0.4 is 14.8 Å². The van der Waals surface area contributed by atoms with Crippen molar-refractivity contribution in [3.8, 4) is 28.6 Å². The number of benzene rings is 3. The van der Waals surface area contributed by atoms with Crippen molar-refractivity contribution in [3.05, 3.63) is 84.2 Å². The van der Waals surface area contributed by atoms with Gasteiger partial charge in [0.15, 0.2) is 11.0 Å². The third-order valence-corrected chi connectivity index (χ3v) is 6.08. The first-order valence-corrected chi connectivity index (χ1v) is 12.0. The quantitative estimate of drug-likeness (QED) is 0.318. The molecule has 3 aromatic carbocycles. The SMILES string of the molecule is CCOc1ccc(-n2c(SCC(=O)NCc3ccccc3F)nnc2-c2ccc(OC)cc2)cc1. The van der Waals surface area contributed by atoms with E-state index >= 15 is 0 Å². The molecule has 0 radical (unpaired) electrons. The molecule has 0 aliphatic carbocycles. The summed E-state index contributed by atoms with van der Waals surface area (Å²) in [6, 6.07) is 21.5. The van der Waals surface area contributed by atoms with E-state index in [4.69, 9.17) is 9.47 Å². The molecule has 1 amide bonds. The van der Waals surface area contributed by atoms with E-state index in [1.807, 2.05) is 60.0 Å². The molecule has 4 aromatic rings. The Balaban J connectivity index is 1.55. The molecule has 0 fully saturated rings. The fraction of sp³-hybridized carbons (Fsp3) is 0.192. The minimum atomic E-state index is -0.347. The number of hydrogen-bond donors (Lipinski definition) is 1. The Hall–Kier alpha value is -3.85. The maximum Gasteiger partial charge on any atom is 0.230 e. The first kappa shape index (κ1) is 24.3. The van der Waals surface area contributed by atoms with Crippen LogP contribution in [0.25, 0.3) is 17.1 Å². The molecule has 1 aromatic heterocycles. The number of nitrogens with zero attached hydrogens (tertiary/aromatic N) is 3. The molecule has 4 rings (SSSR count). The smallest absolute Gasteiger partial charge is 0.230 e. The van der Waals surface area contributed by atoms with E-state index in [0.29, 0.717) is 23.2 Å². The number of carbonyl (C=O) groups is 1. The van der Waals surface area contributed by atoms with Gasteiger partial charge in [-0.25, -0.2) is 4.39 Å². The predicted octanol–water partition coefficient (Wildman–Crippen LogP) is 4.89. The van der Waals surface area contributed by atoms with E-state index in [1.165, 1.54) is 17.8 Å². The number of carbonyl (C=O) groups excluding carboxylic acids is 1. The van der Waals surface area contributed by atoms with Crippen molar-refractivity contribution >= 4 is 17.7 Å². The minimum Gasteiger partial charge on any atom is -0.497 e. The molecule has 0 spiro atoms. The molecule has 0 aliphatic rings. The average Bonchev–Trinajstić information content (AvgIpc) is 3.31. The molecule has 0 bridgehead atoms. The van der Waals surface area contributed by atoms with E-state index in [9.17, 15) is 9.18 Å². The zero-order valence-corrected chi connectivity index (χ0v) is 20.2. The van der Waals surface area contributed by atoms with Gasteiger partial charge < -0.3 is 14.8 Å². The molecule has 1 N–H and O–H groups in total. The van der Waals surface area contributed by atoms with Crippen LogP contribution in [-0.4, -0.2) is 40.1 Å². The summed E-state index contributed by atoms with van der Waals surface area (Å²) in [6.07, 6.45) is 0. The Morgan fingerprint density at radius 1 is 1.00 bits per heavy atom. The van der Waals surface area contributed by atoms with Crippen LogP contribution in [0.4, 0.5) is 4.39 Å².